The zero-order chi connectivity index (χ0) is 12.7. The van der Waals surface area contributed by atoms with E-state index in [0.717, 1.165) is 10.6 Å². The molecule has 1 heterocycles. The Kier molecular flexibility index (Phi) is 5.23. The Balaban J connectivity index is 2.81. The Hall–Kier alpha value is -1.81. The maximum Gasteiger partial charge on any atom is 0.0623 e. The lowest BCUT2D eigenvalue weighted by molar-refractivity contribution is 1.24. The zero-order valence-corrected chi connectivity index (χ0v) is 10.5. The summed E-state index contributed by atoms with van der Waals surface area (Å²) < 4.78 is 0. The van der Waals surface area contributed by atoms with E-state index in [1.165, 1.54) is 0 Å². The molecule has 0 aliphatic rings. The van der Waals surface area contributed by atoms with E-state index in [1.54, 1.807) is 30.7 Å². The molecule has 3 nitrogen and oxygen atoms in total. The van der Waals surface area contributed by atoms with E-state index in [4.69, 9.17) is 5.41 Å². The third-order valence-electron chi connectivity index (χ3n) is 1.98. The number of rotatable bonds is 5. The van der Waals surface area contributed by atoms with Crippen LogP contribution in [0.3, 0.4) is 0 Å². The minimum absolute atomic E-state index is 0.407. The van der Waals surface area contributed by atoms with Gasteiger partial charge in [-0.2, -0.15) is 0 Å². The van der Waals surface area contributed by atoms with Gasteiger partial charge in [0.2, 0.25) is 0 Å². The Bertz CT molecular complexity index is 475. The van der Waals surface area contributed by atoms with Gasteiger partial charge in [-0.05, 0) is 19.1 Å². The van der Waals surface area contributed by atoms with Crippen molar-refractivity contribution in [3.8, 4) is 0 Å². The van der Waals surface area contributed by atoms with Crippen molar-refractivity contribution in [3.63, 3.8) is 0 Å². The average molecular weight is 245 g/mol. The van der Waals surface area contributed by atoms with Crippen LogP contribution in [0.2, 0.25) is 0 Å². The normalized spacial score (nSPS) is 11.5. The van der Waals surface area contributed by atoms with Crippen molar-refractivity contribution in [1.29, 1.82) is 5.41 Å². The summed E-state index contributed by atoms with van der Waals surface area (Å²) in [5.74, 6) is 0. The number of hydrogen-bond acceptors (Lipinski definition) is 4. The van der Waals surface area contributed by atoms with Crippen molar-refractivity contribution < 1.29 is 0 Å². The minimum atomic E-state index is 0.407. The van der Waals surface area contributed by atoms with Crippen LogP contribution in [0.25, 0.3) is 0 Å². The number of thiol groups is 1. The van der Waals surface area contributed by atoms with Crippen molar-refractivity contribution in [2.75, 3.05) is 5.32 Å². The van der Waals surface area contributed by atoms with E-state index >= 15 is 0 Å². The van der Waals surface area contributed by atoms with Gasteiger partial charge in [0, 0.05) is 22.9 Å². The first kappa shape index (κ1) is 13.3. The van der Waals surface area contributed by atoms with Gasteiger partial charge in [0.15, 0.2) is 0 Å². The Labute approximate surface area is 107 Å². The van der Waals surface area contributed by atoms with E-state index in [0.29, 0.717) is 11.3 Å². The summed E-state index contributed by atoms with van der Waals surface area (Å²) in [6.45, 7) is 5.55. The summed E-state index contributed by atoms with van der Waals surface area (Å²) in [4.78, 5) is 4.79. The second kappa shape index (κ2) is 6.70. The summed E-state index contributed by atoms with van der Waals surface area (Å²) >= 11 is 4.20. The Morgan fingerprint density at radius 2 is 2.29 bits per heavy atom. The molecule has 0 saturated carbocycles. The van der Waals surface area contributed by atoms with Crippen LogP contribution >= 0.6 is 12.6 Å². The molecule has 1 aromatic heterocycles. The molecule has 88 valence electrons. The molecule has 0 aliphatic carbocycles. The third-order valence-corrected chi connectivity index (χ3v) is 2.23. The SMILES string of the molecule is C=C/C(=C/Nc1cncc(S)c1)C(=N)/C=C\C. The van der Waals surface area contributed by atoms with Crippen molar-refractivity contribution in [1.82, 2.24) is 4.98 Å². The molecular weight excluding hydrogens is 230 g/mol. The molecule has 0 saturated heterocycles. The first-order chi connectivity index (χ1) is 8.17. The number of hydrogen-bond donors (Lipinski definition) is 3. The van der Waals surface area contributed by atoms with Crippen LogP contribution in [-0.2, 0) is 0 Å². The largest absolute Gasteiger partial charge is 0.360 e. The van der Waals surface area contributed by atoms with Crippen molar-refractivity contribution in [3.05, 3.63) is 55.0 Å². The lowest BCUT2D eigenvalue weighted by Crippen LogP contribution is -1.98. The van der Waals surface area contributed by atoms with Gasteiger partial charge in [0.1, 0.15) is 0 Å². The Morgan fingerprint density at radius 1 is 1.53 bits per heavy atom. The average Bonchev–Trinajstić information content (AvgIpc) is 2.30. The summed E-state index contributed by atoms with van der Waals surface area (Å²) in [5, 5.41) is 10.8. The maximum absolute atomic E-state index is 7.76. The van der Waals surface area contributed by atoms with Gasteiger partial charge in [0.25, 0.3) is 0 Å². The standard InChI is InChI=1S/C13H15N3S/c1-3-5-13(14)10(4-2)7-16-11-6-12(17)9-15-8-11/h3-9,14,16-17H,2H2,1H3/b5-3-,10-7-,14-13?. The first-order valence-electron chi connectivity index (χ1n) is 5.12. The van der Waals surface area contributed by atoms with Gasteiger partial charge >= 0.3 is 0 Å². The van der Waals surface area contributed by atoms with Gasteiger partial charge in [-0.15, -0.1) is 12.6 Å². The third kappa shape index (κ3) is 4.28. The zero-order valence-electron chi connectivity index (χ0n) is 9.64. The molecule has 0 bridgehead atoms. The number of anilines is 1. The van der Waals surface area contributed by atoms with Crippen LogP contribution < -0.4 is 5.32 Å². The lowest BCUT2D eigenvalue weighted by atomic mass is 10.1. The molecule has 0 amide bonds. The summed E-state index contributed by atoms with van der Waals surface area (Å²) in [6.07, 6.45) is 10.2. The van der Waals surface area contributed by atoms with Crippen LogP contribution in [0.4, 0.5) is 5.69 Å². The van der Waals surface area contributed by atoms with Crippen LogP contribution in [0, 0.1) is 5.41 Å². The number of nitrogens with zero attached hydrogens (tertiary/aromatic N) is 1. The molecule has 0 spiro atoms. The van der Waals surface area contributed by atoms with Crippen molar-refractivity contribution in [2.45, 2.75) is 11.8 Å². The predicted octanol–water partition coefficient (Wildman–Crippen LogP) is 3.45. The second-order valence-electron chi connectivity index (χ2n) is 3.29. The number of aromatic nitrogens is 1. The quantitative estimate of drug-likeness (QED) is 0.423. The molecule has 0 aromatic carbocycles. The smallest absolute Gasteiger partial charge is 0.0623 e. The lowest BCUT2D eigenvalue weighted by Gasteiger charge is -2.04. The fourth-order valence-corrected chi connectivity index (χ4v) is 1.38. The second-order valence-corrected chi connectivity index (χ2v) is 3.81. The van der Waals surface area contributed by atoms with Gasteiger partial charge in [-0.3, -0.25) is 4.98 Å². The molecule has 0 atom stereocenters. The Morgan fingerprint density at radius 3 is 2.88 bits per heavy atom. The fourth-order valence-electron chi connectivity index (χ4n) is 1.18. The fraction of sp³-hybridized carbons (Fsp3) is 0.0769. The molecule has 2 N–H and O–H groups in total. The van der Waals surface area contributed by atoms with Crippen LogP contribution in [0.15, 0.2) is 59.9 Å². The molecule has 4 heteroatoms. The highest BCUT2D eigenvalue weighted by Gasteiger charge is 1.97. The molecule has 1 rings (SSSR count). The summed E-state index contributed by atoms with van der Waals surface area (Å²) in [6, 6.07) is 1.85. The molecule has 0 unspecified atom stereocenters. The van der Waals surface area contributed by atoms with Crippen LogP contribution in [0.1, 0.15) is 6.92 Å². The van der Waals surface area contributed by atoms with Crippen LogP contribution in [0.5, 0.6) is 0 Å². The topological polar surface area (TPSA) is 48.8 Å². The van der Waals surface area contributed by atoms with Gasteiger partial charge in [-0.25, -0.2) is 0 Å². The summed E-state index contributed by atoms with van der Waals surface area (Å²) in [7, 11) is 0. The number of pyridine rings is 1. The molecule has 0 radical (unpaired) electrons. The summed E-state index contributed by atoms with van der Waals surface area (Å²) in [5.41, 5.74) is 1.95. The van der Waals surface area contributed by atoms with E-state index in [2.05, 4.69) is 29.5 Å². The highest BCUT2D eigenvalue weighted by molar-refractivity contribution is 7.80. The predicted molar refractivity (Wildman–Crippen MR) is 75.9 cm³/mol. The van der Waals surface area contributed by atoms with E-state index in [-0.39, 0.29) is 0 Å². The van der Waals surface area contributed by atoms with E-state index in [9.17, 15) is 0 Å². The minimum Gasteiger partial charge on any atom is -0.360 e. The van der Waals surface area contributed by atoms with Gasteiger partial charge in [-0.1, -0.05) is 18.7 Å². The molecule has 17 heavy (non-hydrogen) atoms. The number of nitrogens with one attached hydrogen (secondary N) is 2. The molecule has 1 aromatic rings. The van der Waals surface area contributed by atoms with Crippen LogP contribution in [-0.4, -0.2) is 10.7 Å². The maximum atomic E-state index is 7.76. The van der Waals surface area contributed by atoms with Crippen molar-refractivity contribution in [2.24, 2.45) is 0 Å². The molecule has 0 fully saturated rings. The number of allylic oxidation sites excluding steroid dienone is 4. The van der Waals surface area contributed by atoms with Gasteiger partial charge < -0.3 is 10.7 Å². The van der Waals surface area contributed by atoms with E-state index < -0.39 is 0 Å². The first-order valence-corrected chi connectivity index (χ1v) is 5.57. The monoisotopic (exact) mass is 245 g/mol. The molecule has 0 aliphatic heterocycles. The van der Waals surface area contributed by atoms with Gasteiger partial charge in [0.05, 0.1) is 17.6 Å². The van der Waals surface area contributed by atoms with Crippen molar-refractivity contribution >= 4 is 24.0 Å². The van der Waals surface area contributed by atoms with E-state index in [1.807, 2.05) is 19.1 Å². The molecular formula is C13H15N3S. The highest BCUT2D eigenvalue weighted by Crippen LogP contribution is 2.12. The highest BCUT2D eigenvalue weighted by atomic mass is 32.1.